The van der Waals surface area contributed by atoms with Crippen LogP contribution in [-0.2, 0) is 12.8 Å². The van der Waals surface area contributed by atoms with Crippen molar-refractivity contribution in [3.63, 3.8) is 0 Å². The molecule has 0 unspecified atom stereocenters. The van der Waals surface area contributed by atoms with Crippen LogP contribution in [0.5, 0.6) is 0 Å². The van der Waals surface area contributed by atoms with Crippen molar-refractivity contribution in [3.8, 4) is 0 Å². The molecule has 1 aliphatic carbocycles. The lowest BCUT2D eigenvalue weighted by Crippen LogP contribution is -2.38. The lowest BCUT2D eigenvalue weighted by molar-refractivity contribution is 0.0685. The Morgan fingerprint density at radius 2 is 1.89 bits per heavy atom. The molecule has 0 N–H and O–H groups in total. The van der Waals surface area contributed by atoms with Gasteiger partial charge < -0.3 is 4.90 Å². The third-order valence-corrected chi connectivity index (χ3v) is 7.34. The van der Waals surface area contributed by atoms with Gasteiger partial charge in [-0.05, 0) is 56.4 Å². The largest absolute Gasteiger partial charge is 0.336 e. The van der Waals surface area contributed by atoms with Crippen molar-refractivity contribution in [2.75, 3.05) is 13.1 Å². The monoisotopic (exact) mass is 383 g/mol. The van der Waals surface area contributed by atoms with Crippen LogP contribution in [0.4, 0.5) is 0 Å². The minimum atomic E-state index is -0.0457. The molecular weight excluding hydrogens is 358 g/mol. The lowest BCUT2D eigenvalue weighted by Gasteiger charge is -2.29. The molecule has 0 aromatic carbocycles. The average Bonchev–Trinajstić information content (AvgIpc) is 3.23. The van der Waals surface area contributed by atoms with E-state index in [0.717, 1.165) is 60.5 Å². The maximum absolute atomic E-state index is 13.0. The number of nitrogens with zero attached hydrogens (tertiary/aromatic N) is 5. The fourth-order valence-corrected chi connectivity index (χ4v) is 5.65. The number of carbonyl (C=O) groups excluding carboxylic acids is 1. The fraction of sp³-hybridized carbons (Fsp3) is 0.600. The standard InChI is InChI=1S/C20H25N5OS/c1-11-6-8-24(9-7-11)20(26)17-22-18-16-14-10-12(2)4-5-15(14)27-19(16)21-13(3)25(18)23-17/h11-12H,4-10H2,1-3H3/t12-/m1/s1. The zero-order chi connectivity index (χ0) is 18.7. The normalized spacial score (nSPS) is 21.1. The number of aryl methyl sites for hydroxylation is 2. The van der Waals surface area contributed by atoms with Gasteiger partial charge in [-0.25, -0.2) is 9.97 Å². The third-order valence-electron chi connectivity index (χ3n) is 6.15. The van der Waals surface area contributed by atoms with Crippen molar-refractivity contribution in [1.29, 1.82) is 0 Å². The van der Waals surface area contributed by atoms with Crippen LogP contribution >= 0.6 is 11.3 Å². The molecule has 1 atom stereocenters. The van der Waals surface area contributed by atoms with E-state index < -0.39 is 0 Å². The summed E-state index contributed by atoms with van der Waals surface area (Å²) in [5.41, 5.74) is 2.18. The SMILES string of the molecule is Cc1nc2sc3c(c2c2nc(C(=O)N4CCC(C)CC4)nn12)C[C@H](C)CC3. The Bertz CT molecular complexity index is 1040. The van der Waals surface area contributed by atoms with E-state index in [1.165, 1.54) is 16.9 Å². The van der Waals surface area contributed by atoms with E-state index in [0.29, 0.717) is 17.7 Å². The van der Waals surface area contributed by atoms with Gasteiger partial charge in [-0.15, -0.1) is 16.4 Å². The zero-order valence-corrected chi connectivity index (χ0v) is 17.0. The van der Waals surface area contributed by atoms with Gasteiger partial charge in [0.2, 0.25) is 5.82 Å². The number of carbonyl (C=O) groups is 1. The van der Waals surface area contributed by atoms with Crippen LogP contribution in [0.1, 0.15) is 60.0 Å². The third kappa shape index (κ3) is 2.74. The summed E-state index contributed by atoms with van der Waals surface area (Å²) < 4.78 is 1.77. The van der Waals surface area contributed by atoms with Crippen LogP contribution in [0.2, 0.25) is 0 Å². The van der Waals surface area contributed by atoms with E-state index in [-0.39, 0.29) is 5.91 Å². The first-order valence-corrected chi connectivity index (χ1v) is 10.8. The number of amides is 1. The predicted octanol–water partition coefficient (Wildman–Crippen LogP) is 3.64. The lowest BCUT2D eigenvalue weighted by atomic mass is 9.89. The summed E-state index contributed by atoms with van der Waals surface area (Å²) in [5, 5.41) is 5.68. The van der Waals surface area contributed by atoms with Crippen LogP contribution in [0, 0.1) is 18.8 Å². The number of likely N-dealkylation sites (tertiary alicyclic amines) is 1. The molecule has 3 aromatic rings. The predicted molar refractivity (Wildman–Crippen MR) is 106 cm³/mol. The Labute approximate surface area is 162 Å². The van der Waals surface area contributed by atoms with Crippen LogP contribution in [0.15, 0.2) is 0 Å². The molecule has 2 aliphatic rings. The molecule has 3 aromatic heterocycles. The van der Waals surface area contributed by atoms with Crippen molar-refractivity contribution in [2.45, 2.75) is 52.9 Å². The second-order valence-corrected chi connectivity index (χ2v) is 9.42. The molecule has 0 saturated carbocycles. The number of rotatable bonds is 1. The van der Waals surface area contributed by atoms with Gasteiger partial charge in [-0.2, -0.15) is 4.52 Å². The van der Waals surface area contributed by atoms with Gasteiger partial charge in [0.05, 0.1) is 5.39 Å². The molecule has 0 spiro atoms. The number of aromatic nitrogens is 4. The summed E-state index contributed by atoms with van der Waals surface area (Å²) in [6, 6.07) is 0. The smallest absolute Gasteiger partial charge is 0.293 e. The minimum Gasteiger partial charge on any atom is -0.336 e. The Morgan fingerprint density at radius 1 is 1.11 bits per heavy atom. The summed E-state index contributed by atoms with van der Waals surface area (Å²) in [7, 11) is 0. The number of hydrogen-bond acceptors (Lipinski definition) is 5. The van der Waals surface area contributed by atoms with E-state index in [1.54, 1.807) is 15.9 Å². The van der Waals surface area contributed by atoms with Crippen LogP contribution in [0.3, 0.4) is 0 Å². The highest BCUT2D eigenvalue weighted by molar-refractivity contribution is 7.19. The van der Waals surface area contributed by atoms with Crippen molar-refractivity contribution < 1.29 is 4.79 Å². The molecule has 1 fully saturated rings. The quantitative estimate of drug-likeness (QED) is 0.643. The molecule has 0 radical (unpaired) electrons. The molecule has 1 aliphatic heterocycles. The maximum atomic E-state index is 13.0. The summed E-state index contributed by atoms with van der Waals surface area (Å²) in [5.74, 6) is 2.42. The Kier molecular flexibility index (Phi) is 3.96. The van der Waals surface area contributed by atoms with Crippen molar-refractivity contribution in [2.24, 2.45) is 11.8 Å². The highest BCUT2D eigenvalue weighted by Crippen LogP contribution is 2.39. The Morgan fingerprint density at radius 3 is 2.67 bits per heavy atom. The van der Waals surface area contributed by atoms with Gasteiger partial charge >= 0.3 is 0 Å². The average molecular weight is 384 g/mol. The number of hydrogen-bond donors (Lipinski definition) is 0. The van der Waals surface area contributed by atoms with Crippen LogP contribution in [-0.4, -0.2) is 43.5 Å². The summed E-state index contributed by atoms with van der Waals surface area (Å²) in [6.45, 7) is 8.10. The zero-order valence-electron chi connectivity index (χ0n) is 16.2. The number of piperidine rings is 1. The summed E-state index contributed by atoms with van der Waals surface area (Å²) in [4.78, 5) is 26.9. The van der Waals surface area contributed by atoms with Gasteiger partial charge in [0.15, 0.2) is 5.65 Å². The minimum absolute atomic E-state index is 0.0457. The van der Waals surface area contributed by atoms with Gasteiger partial charge in [0.25, 0.3) is 5.91 Å². The first-order valence-electron chi connectivity index (χ1n) is 9.98. The van der Waals surface area contributed by atoms with Gasteiger partial charge in [0.1, 0.15) is 10.7 Å². The highest BCUT2D eigenvalue weighted by Gasteiger charge is 2.28. The number of fused-ring (bicyclic) bond motifs is 5. The topological polar surface area (TPSA) is 63.4 Å². The number of thiophene rings is 1. The molecule has 142 valence electrons. The Hall–Kier alpha value is -2.02. The summed E-state index contributed by atoms with van der Waals surface area (Å²) in [6.07, 6.45) is 5.53. The van der Waals surface area contributed by atoms with Crippen LogP contribution < -0.4 is 0 Å². The van der Waals surface area contributed by atoms with Crippen molar-refractivity contribution >= 4 is 33.1 Å². The highest BCUT2D eigenvalue weighted by atomic mass is 32.1. The molecule has 27 heavy (non-hydrogen) atoms. The molecule has 1 amide bonds. The van der Waals surface area contributed by atoms with Crippen LogP contribution in [0.25, 0.3) is 15.9 Å². The van der Waals surface area contributed by atoms with Crippen molar-refractivity contribution in [1.82, 2.24) is 24.5 Å². The molecule has 6 nitrogen and oxygen atoms in total. The molecule has 0 bridgehead atoms. The molecule has 7 heteroatoms. The van der Waals surface area contributed by atoms with E-state index in [4.69, 9.17) is 9.97 Å². The van der Waals surface area contributed by atoms with Crippen molar-refractivity contribution in [3.05, 3.63) is 22.1 Å². The second kappa shape index (κ2) is 6.26. The second-order valence-electron chi connectivity index (χ2n) is 8.34. The first-order chi connectivity index (χ1) is 13.0. The van der Waals surface area contributed by atoms with Gasteiger partial charge in [0, 0.05) is 18.0 Å². The first kappa shape index (κ1) is 17.1. The van der Waals surface area contributed by atoms with Gasteiger partial charge in [-0.3, -0.25) is 4.79 Å². The molecular formula is C20H25N5OS. The fourth-order valence-electron chi connectivity index (χ4n) is 4.39. The van der Waals surface area contributed by atoms with Gasteiger partial charge in [-0.1, -0.05) is 13.8 Å². The molecule has 5 rings (SSSR count). The van der Waals surface area contributed by atoms with E-state index in [9.17, 15) is 4.79 Å². The Balaban J connectivity index is 1.62. The van der Waals surface area contributed by atoms with E-state index in [1.807, 2.05) is 11.8 Å². The molecule has 1 saturated heterocycles. The maximum Gasteiger partial charge on any atom is 0.293 e. The van der Waals surface area contributed by atoms with E-state index in [2.05, 4.69) is 18.9 Å². The molecule has 4 heterocycles. The summed E-state index contributed by atoms with van der Waals surface area (Å²) >= 11 is 1.79. The van der Waals surface area contributed by atoms with E-state index >= 15 is 0 Å².